The minimum atomic E-state index is -0.983. The Bertz CT molecular complexity index is 1230. The lowest BCUT2D eigenvalue weighted by atomic mass is 9.95. The second kappa shape index (κ2) is 9.03. The lowest BCUT2D eigenvalue weighted by Crippen LogP contribution is -2.32. The zero-order valence-corrected chi connectivity index (χ0v) is 19.8. The number of carbonyl (C=O) groups excluding carboxylic acids is 2. The Morgan fingerprint density at radius 1 is 1.15 bits per heavy atom. The number of thiophene rings is 1. The lowest BCUT2D eigenvalue weighted by molar-refractivity contribution is -0.138. The second-order valence-electron chi connectivity index (χ2n) is 8.72. The predicted octanol–water partition coefficient (Wildman–Crippen LogP) is 6.23. The maximum absolute atomic E-state index is 14.6. The molecule has 2 aromatic heterocycles. The molecule has 3 heterocycles. The fraction of sp³-hybridized carbons (Fsp3) is 0.400. The van der Waals surface area contributed by atoms with Gasteiger partial charge in [0.25, 0.3) is 0 Å². The molecule has 5 nitrogen and oxygen atoms in total. The summed E-state index contributed by atoms with van der Waals surface area (Å²) < 4.78 is 21.8. The average Bonchev–Trinajstić information content (AvgIpc) is 3.34. The number of hydrogen-bond donors (Lipinski definition) is 0. The van der Waals surface area contributed by atoms with Gasteiger partial charge in [-0.3, -0.25) is 19.5 Å². The van der Waals surface area contributed by atoms with Crippen LogP contribution in [-0.4, -0.2) is 34.0 Å². The van der Waals surface area contributed by atoms with Crippen LogP contribution in [0.1, 0.15) is 49.0 Å². The van der Waals surface area contributed by atoms with Crippen molar-refractivity contribution in [2.24, 2.45) is 0 Å². The Morgan fingerprint density at radius 3 is 2.67 bits per heavy atom. The molecular weight excluding hydrogens is 463 g/mol. The molecule has 0 bridgehead atoms. The summed E-state index contributed by atoms with van der Waals surface area (Å²) >= 11 is 7.92. The van der Waals surface area contributed by atoms with Gasteiger partial charge >= 0.3 is 0 Å². The zero-order valence-electron chi connectivity index (χ0n) is 18.3. The third-order valence-electron chi connectivity index (χ3n) is 6.35. The molecule has 1 aliphatic carbocycles. The number of nitrogens with zero attached hydrogens (tertiary/aromatic N) is 2. The predicted molar refractivity (Wildman–Crippen MR) is 127 cm³/mol. The highest BCUT2D eigenvalue weighted by atomic mass is 35.5. The first kappa shape index (κ1) is 22.3. The minimum Gasteiger partial charge on any atom is -0.486 e. The number of halogens is 2. The van der Waals surface area contributed by atoms with E-state index >= 15 is 0 Å². The number of aromatic nitrogens is 1. The summed E-state index contributed by atoms with van der Waals surface area (Å²) in [4.78, 5) is 30.8. The normalized spacial score (nSPS) is 21.2. The number of ether oxygens (including phenoxy) is 1. The van der Waals surface area contributed by atoms with Gasteiger partial charge in [0.05, 0.1) is 16.8 Å². The molecule has 1 saturated carbocycles. The van der Waals surface area contributed by atoms with Gasteiger partial charge in [0.15, 0.2) is 0 Å². The van der Waals surface area contributed by atoms with Crippen molar-refractivity contribution in [2.75, 3.05) is 0 Å². The molecule has 2 fully saturated rings. The third-order valence-corrected chi connectivity index (χ3v) is 7.71. The highest BCUT2D eigenvalue weighted by Crippen LogP contribution is 2.43. The smallest absolute Gasteiger partial charge is 0.230 e. The fourth-order valence-electron chi connectivity index (χ4n) is 4.65. The van der Waals surface area contributed by atoms with Crippen molar-refractivity contribution in [1.82, 2.24) is 9.88 Å². The molecule has 2 atom stereocenters. The minimum absolute atomic E-state index is 0.139. The summed E-state index contributed by atoms with van der Waals surface area (Å²) in [5.74, 6) is 0.362. The summed E-state index contributed by atoms with van der Waals surface area (Å²) in [6.07, 6.45) is 3.86. The number of imide groups is 1. The molecule has 1 saturated heterocycles. The molecule has 1 aromatic carbocycles. The van der Waals surface area contributed by atoms with Gasteiger partial charge in [-0.05, 0) is 56.0 Å². The van der Waals surface area contributed by atoms with Crippen molar-refractivity contribution in [1.29, 1.82) is 0 Å². The van der Waals surface area contributed by atoms with E-state index in [0.29, 0.717) is 23.6 Å². The third kappa shape index (κ3) is 4.36. The second-order valence-corrected chi connectivity index (χ2v) is 10.3. The monoisotopic (exact) mass is 486 g/mol. The molecule has 0 unspecified atom stereocenters. The Hall–Kier alpha value is -2.51. The van der Waals surface area contributed by atoms with Crippen molar-refractivity contribution >= 4 is 45.0 Å². The fourth-order valence-corrected chi connectivity index (χ4v) is 6.06. The van der Waals surface area contributed by atoms with E-state index in [1.54, 1.807) is 6.20 Å². The van der Waals surface area contributed by atoms with Crippen LogP contribution in [0.25, 0.3) is 21.3 Å². The molecule has 3 aromatic rings. The van der Waals surface area contributed by atoms with Crippen molar-refractivity contribution in [3.8, 4) is 16.9 Å². The Morgan fingerprint density at radius 2 is 1.91 bits per heavy atom. The average molecular weight is 487 g/mol. The van der Waals surface area contributed by atoms with Crippen LogP contribution in [0.4, 0.5) is 4.39 Å². The van der Waals surface area contributed by atoms with E-state index in [1.165, 1.54) is 16.2 Å². The number of alkyl halides is 1. The van der Waals surface area contributed by atoms with Crippen LogP contribution in [0.5, 0.6) is 5.75 Å². The number of aryl methyl sites for hydroxylation is 1. The topological polar surface area (TPSA) is 59.5 Å². The molecule has 2 amide bonds. The molecule has 172 valence electrons. The first-order chi connectivity index (χ1) is 15.9. The Labute approximate surface area is 200 Å². The number of carbonyl (C=O) groups is 2. The summed E-state index contributed by atoms with van der Waals surface area (Å²) in [5.41, 5.74) is 3.32. The van der Waals surface area contributed by atoms with E-state index in [-0.39, 0.29) is 31.2 Å². The quantitative estimate of drug-likeness (QED) is 0.401. The number of rotatable bonds is 5. The molecule has 0 N–H and O–H groups in total. The highest BCUT2D eigenvalue weighted by molar-refractivity contribution is 7.19. The first-order valence-electron chi connectivity index (χ1n) is 11.2. The van der Waals surface area contributed by atoms with E-state index in [4.69, 9.17) is 16.3 Å². The molecule has 33 heavy (non-hydrogen) atoms. The van der Waals surface area contributed by atoms with Crippen LogP contribution in [0, 0.1) is 6.92 Å². The molecule has 0 spiro atoms. The van der Waals surface area contributed by atoms with E-state index in [2.05, 4.69) is 4.98 Å². The van der Waals surface area contributed by atoms with E-state index in [9.17, 15) is 14.0 Å². The van der Waals surface area contributed by atoms with Gasteiger partial charge < -0.3 is 4.74 Å². The van der Waals surface area contributed by atoms with Gasteiger partial charge in [0.2, 0.25) is 11.8 Å². The van der Waals surface area contributed by atoms with Crippen LogP contribution in [0.3, 0.4) is 0 Å². The van der Waals surface area contributed by atoms with Gasteiger partial charge in [-0.2, -0.15) is 0 Å². The van der Waals surface area contributed by atoms with E-state index < -0.39 is 12.3 Å². The molecule has 0 radical (unpaired) electrons. The standard InChI is InChI=1S/C25H24ClFN2O3S/c1-14-10-15(26)11-18(24(14)32-21-5-3-2-4-19(21)27)17-8-9-28-20-12-16(33-25(17)20)13-29-22(30)6-7-23(29)31/h8-12,19,21H,2-7,13H2,1H3/t19-,21-/m0/s1. The number of hydrogen-bond acceptors (Lipinski definition) is 5. The van der Waals surface area contributed by atoms with E-state index in [0.717, 1.165) is 44.6 Å². The van der Waals surface area contributed by atoms with Gasteiger partial charge in [0.1, 0.15) is 18.0 Å². The number of fused-ring (bicyclic) bond motifs is 1. The van der Waals surface area contributed by atoms with Gasteiger partial charge in [-0.15, -0.1) is 11.3 Å². The van der Waals surface area contributed by atoms with Gasteiger partial charge in [0, 0.05) is 40.1 Å². The SMILES string of the molecule is Cc1cc(Cl)cc(-c2ccnc3cc(CN4C(=O)CCC4=O)sc23)c1O[C@H]1CCCC[C@@H]1F. The molecular formula is C25H24ClFN2O3S. The van der Waals surface area contributed by atoms with Crippen LogP contribution in [0.2, 0.25) is 5.02 Å². The number of likely N-dealkylation sites (tertiary alicyclic amines) is 1. The summed E-state index contributed by atoms with van der Waals surface area (Å²) in [5, 5.41) is 0.574. The largest absolute Gasteiger partial charge is 0.486 e. The van der Waals surface area contributed by atoms with Crippen LogP contribution in [0.15, 0.2) is 30.5 Å². The van der Waals surface area contributed by atoms with Crippen molar-refractivity contribution in [2.45, 2.75) is 64.3 Å². The van der Waals surface area contributed by atoms with Crippen molar-refractivity contribution < 1.29 is 18.7 Å². The zero-order chi connectivity index (χ0) is 23.1. The molecule has 2 aliphatic rings. The summed E-state index contributed by atoms with van der Waals surface area (Å²) in [6.45, 7) is 2.17. The van der Waals surface area contributed by atoms with Crippen molar-refractivity contribution in [3.05, 3.63) is 45.9 Å². The lowest BCUT2D eigenvalue weighted by Gasteiger charge is -2.28. The van der Waals surface area contributed by atoms with Gasteiger partial charge in [-0.25, -0.2) is 4.39 Å². The summed E-state index contributed by atoms with van der Waals surface area (Å²) in [6, 6.07) is 7.50. The summed E-state index contributed by atoms with van der Waals surface area (Å²) in [7, 11) is 0. The molecule has 5 rings (SSSR count). The van der Waals surface area contributed by atoms with Crippen LogP contribution < -0.4 is 4.74 Å². The van der Waals surface area contributed by atoms with E-state index in [1.807, 2.05) is 31.2 Å². The molecule has 1 aliphatic heterocycles. The van der Waals surface area contributed by atoms with Crippen LogP contribution in [-0.2, 0) is 16.1 Å². The Kier molecular flexibility index (Phi) is 6.10. The van der Waals surface area contributed by atoms with Crippen molar-refractivity contribution in [3.63, 3.8) is 0 Å². The highest BCUT2D eigenvalue weighted by Gasteiger charge is 2.30. The van der Waals surface area contributed by atoms with Crippen LogP contribution >= 0.6 is 22.9 Å². The molecule has 8 heteroatoms. The Balaban J connectivity index is 1.55. The van der Waals surface area contributed by atoms with Gasteiger partial charge in [-0.1, -0.05) is 18.0 Å². The number of benzene rings is 1. The number of pyridine rings is 1. The first-order valence-corrected chi connectivity index (χ1v) is 12.4. The maximum atomic E-state index is 14.6. The number of amides is 2. The maximum Gasteiger partial charge on any atom is 0.230 e.